The lowest BCUT2D eigenvalue weighted by molar-refractivity contribution is 0.533. The minimum absolute atomic E-state index is 0.581. The van der Waals surface area contributed by atoms with E-state index in [9.17, 15) is 0 Å². The maximum atomic E-state index is 5.29. The Labute approximate surface area is 104 Å². The summed E-state index contributed by atoms with van der Waals surface area (Å²) in [6.45, 7) is 11.8. The molecule has 0 radical (unpaired) electrons. The Morgan fingerprint density at radius 1 is 0.824 bits per heavy atom. The van der Waals surface area contributed by atoms with Crippen LogP contribution in [0.15, 0.2) is 28.7 Å². The maximum Gasteiger partial charge on any atom is 0.247 e. The predicted octanol–water partition coefficient (Wildman–Crippen LogP) is 4.41. The Kier molecular flexibility index (Phi) is 7.68. The highest BCUT2D eigenvalue weighted by molar-refractivity contribution is 5.52. The van der Waals surface area contributed by atoms with Crippen LogP contribution in [0.3, 0.4) is 0 Å². The molecule has 2 aromatic rings. The van der Waals surface area contributed by atoms with Crippen LogP contribution in [0, 0.1) is 13.8 Å². The van der Waals surface area contributed by atoms with E-state index >= 15 is 0 Å². The third kappa shape index (κ3) is 4.81. The summed E-state index contributed by atoms with van der Waals surface area (Å²) >= 11 is 0. The van der Waals surface area contributed by atoms with Crippen LogP contribution in [0.1, 0.15) is 39.1 Å². The van der Waals surface area contributed by atoms with Gasteiger partial charge in [-0.25, -0.2) is 0 Å². The van der Waals surface area contributed by atoms with Gasteiger partial charge in [0.05, 0.1) is 0 Å². The SMILES string of the molecule is CC.CC.Cc1ccc(-c2nnc(C)o2)cc1. The molecule has 17 heavy (non-hydrogen) atoms. The fraction of sp³-hybridized carbons (Fsp3) is 0.429. The second-order valence-corrected chi connectivity index (χ2v) is 2.99. The van der Waals surface area contributed by atoms with Crippen molar-refractivity contribution < 1.29 is 4.42 Å². The van der Waals surface area contributed by atoms with Crippen molar-refractivity contribution in [1.29, 1.82) is 0 Å². The molecule has 0 atom stereocenters. The highest BCUT2D eigenvalue weighted by Crippen LogP contribution is 2.17. The highest BCUT2D eigenvalue weighted by Gasteiger charge is 2.03. The first kappa shape index (κ1) is 15.4. The number of nitrogens with zero attached hydrogens (tertiary/aromatic N) is 2. The second kappa shape index (κ2) is 8.50. The average Bonchev–Trinajstić information content (AvgIpc) is 2.82. The van der Waals surface area contributed by atoms with E-state index in [0.29, 0.717) is 11.8 Å². The molecule has 1 aromatic heterocycles. The molecule has 3 nitrogen and oxygen atoms in total. The Bertz CT molecular complexity index is 404. The molecule has 0 aliphatic rings. The van der Waals surface area contributed by atoms with Gasteiger partial charge in [-0.3, -0.25) is 0 Å². The first-order valence-corrected chi connectivity index (χ1v) is 6.13. The van der Waals surface area contributed by atoms with E-state index in [1.807, 2.05) is 58.9 Å². The summed E-state index contributed by atoms with van der Waals surface area (Å²) < 4.78 is 5.29. The van der Waals surface area contributed by atoms with Gasteiger partial charge in [0, 0.05) is 12.5 Å². The van der Waals surface area contributed by atoms with Crippen molar-refractivity contribution in [2.75, 3.05) is 0 Å². The molecule has 3 heteroatoms. The molecule has 2 rings (SSSR count). The summed E-state index contributed by atoms with van der Waals surface area (Å²) in [6.07, 6.45) is 0. The van der Waals surface area contributed by atoms with Crippen molar-refractivity contribution in [2.45, 2.75) is 41.5 Å². The molecule has 94 valence electrons. The van der Waals surface area contributed by atoms with Crippen LogP contribution in [0.25, 0.3) is 11.5 Å². The molecule has 0 N–H and O–H groups in total. The fourth-order valence-electron chi connectivity index (χ4n) is 1.11. The van der Waals surface area contributed by atoms with Gasteiger partial charge in [-0.2, -0.15) is 0 Å². The van der Waals surface area contributed by atoms with Crippen molar-refractivity contribution in [2.24, 2.45) is 0 Å². The molecule has 1 heterocycles. The Morgan fingerprint density at radius 3 is 1.76 bits per heavy atom. The summed E-state index contributed by atoms with van der Waals surface area (Å²) in [5.74, 6) is 1.17. The number of hydrogen-bond donors (Lipinski definition) is 0. The molecule has 0 aliphatic carbocycles. The Balaban J connectivity index is 0.000000581. The molecular formula is C14H22N2O. The van der Waals surface area contributed by atoms with Crippen LogP contribution in [0.2, 0.25) is 0 Å². The van der Waals surface area contributed by atoms with Gasteiger partial charge < -0.3 is 4.42 Å². The lowest BCUT2D eigenvalue weighted by Gasteiger charge is -1.94. The lowest BCUT2D eigenvalue weighted by atomic mass is 10.1. The quantitative estimate of drug-likeness (QED) is 0.733. The van der Waals surface area contributed by atoms with Crippen molar-refractivity contribution >= 4 is 0 Å². The first-order chi connectivity index (χ1) is 8.25. The molecule has 1 aromatic carbocycles. The van der Waals surface area contributed by atoms with Gasteiger partial charge in [-0.05, 0) is 19.1 Å². The fourth-order valence-corrected chi connectivity index (χ4v) is 1.11. The Hall–Kier alpha value is -1.64. The van der Waals surface area contributed by atoms with Crippen molar-refractivity contribution in [3.63, 3.8) is 0 Å². The molecule has 0 spiro atoms. The van der Waals surface area contributed by atoms with Crippen LogP contribution in [0.4, 0.5) is 0 Å². The van der Waals surface area contributed by atoms with Crippen LogP contribution >= 0.6 is 0 Å². The number of benzene rings is 1. The summed E-state index contributed by atoms with van der Waals surface area (Å²) in [6, 6.07) is 7.99. The normalized spacial score (nSPS) is 8.59. The van der Waals surface area contributed by atoms with Gasteiger partial charge in [-0.15, -0.1) is 10.2 Å². The van der Waals surface area contributed by atoms with Gasteiger partial charge in [0.2, 0.25) is 11.8 Å². The molecule has 0 saturated heterocycles. The third-order valence-electron chi connectivity index (χ3n) is 1.82. The van der Waals surface area contributed by atoms with E-state index in [0.717, 1.165) is 5.56 Å². The predicted molar refractivity (Wildman–Crippen MR) is 71.9 cm³/mol. The zero-order chi connectivity index (χ0) is 13.3. The van der Waals surface area contributed by atoms with Crippen molar-refractivity contribution in [1.82, 2.24) is 10.2 Å². The first-order valence-electron chi connectivity index (χ1n) is 6.13. The zero-order valence-corrected chi connectivity index (χ0v) is 11.6. The third-order valence-corrected chi connectivity index (χ3v) is 1.82. The number of rotatable bonds is 1. The van der Waals surface area contributed by atoms with Gasteiger partial charge in [0.25, 0.3) is 0 Å². The van der Waals surface area contributed by atoms with E-state index in [1.165, 1.54) is 5.56 Å². The average molecular weight is 234 g/mol. The standard InChI is InChI=1S/C10H10N2O.2C2H6/c1-7-3-5-9(6-4-7)10-12-11-8(2)13-10;2*1-2/h3-6H,1-2H3;2*1-2H3. The molecule has 0 aliphatic heterocycles. The zero-order valence-electron chi connectivity index (χ0n) is 11.6. The van der Waals surface area contributed by atoms with Gasteiger partial charge in [0.15, 0.2) is 0 Å². The van der Waals surface area contributed by atoms with E-state index in [1.54, 1.807) is 6.92 Å². The van der Waals surface area contributed by atoms with E-state index in [4.69, 9.17) is 4.42 Å². The van der Waals surface area contributed by atoms with Gasteiger partial charge in [-0.1, -0.05) is 45.4 Å². The molecule has 0 fully saturated rings. The number of aromatic nitrogens is 2. The molecule has 0 bridgehead atoms. The van der Waals surface area contributed by atoms with E-state index < -0.39 is 0 Å². The monoisotopic (exact) mass is 234 g/mol. The van der Waals surface area contributed by atoms with Crippen molar-refractivity contribution in [3.8, 4) is 11.5 Å². The minimum Gasteiger partial charge on any atom is -0.421 e. The van der Waals surface area contributed by atoms with Crippen LogP contribution in [-0.2, 0) is 0 Å². The second-order valence-electron chi connectivity index (χ2n) is 2.99. The topological polar surface area (TPSA) is 38.9 Å². The largest absolute Gasteiger partial charge is 0.421 e. The molecular weight excluding hydrogens is 212 g/mol. The van der Waals surface area contributed by atoms with Crippen LogP contribution < -0.4 is 0 Å². The lowest BCUT2D eigenvalue weighted by Crippen LogP contribution is -1.77. The summed E-state index contributed by atoms with van der Waals surface area (Å²) in [4.78, 5) is 0. The summed E-state index contributed by atoms with van der Waals surface area (Å²) in [7, 11) is 0. The highest BCUT2D eigenvalue weighted by atomic mass is 16.4. The Morgan fingerprint density at radius 2 is 1.35 bits per heavy atom. The molecule has 0 saturated carbocycles. The number of hydrogen-bond acceptors (Lipinski definition) is 3. The summed E-state index contributed by atoms with van der Waals surface area (Å²) in [5, 5.41) is 7.70. The van der Waals surface area contributed by atoms with E-state index in [2.05, 4.69) is 10.2 Å². The maximum absolute atomic E-state index is 5.29. The summed E-state index contributed by atoms with van der Waals surface area (Å²) in [5.41, 5.74) is 2.19. The minimum atomic E-state index is 0.581. The van der Waals surface area contributed by atoms with E-state index in [-0.39, 0.29) is 0 Å². The molecule has 0 unspecified atom stereocenters. The van der Waals surface area contributed by atoms with Crippen LogP contribution in [0.5, 0.6) is 0 Å². The van der Waals surface area contributed by atoms with Gasteiger partial charge in [0.1, 0.15) is 0 Å². The van der Waals surface area contributed by atoms with Crippen LogP contribution in [-0.4, -0.2) is 10.2 Å². The smallest absolute Gasteiger partial charge is 0.247 e. The van der Waals surface area contributed by atoms with Crippen molar-refractivity contribution in [3.05, 3.63) is 35.7 Å². The molecule has 0 amide bonds. The van der Waals surface area contributed by atoms with Gasteiger partial charge >= 0.3 is 0 Å². The number of aryl methyl sites for hydroxylation is 2.